The highest BCUT2D eigenvalue weighted by Gasteiger charge is 2.50. The van der Waals surface area contributed by atoms with E-state index in [1.165, 1.54) is 25.1 Å². The molecule has 0 heterocycles. The summed E-state index contributed by atoms with van der Waals surface area (Å²) in [5.41, 5.74) is -4.23. The number of carbonyl (C=O) groups is 1. The van der Waals surface area contributed by atoms with Crippen molar-refractivity contribution in [1.82, 2.24) is 4.72 Å². The van der Waals surface area contributed by atoms with Crippen LogP contribution in [-0.4, -0.2) is 20.9 Å². The Kier molecular flexibility index (Phi) is 5.05. The minimum absolute atomic E-state index is 0.0419. The van der Waals surface area contributed by atoms with Gasteiger partial charge in [0.25, 0.3) is 0 Å². The first-order valence-electron chi connectivity index (χ1n) is 6.55. The molecular weight excluding hydrogens is 296 g/mol. The van der Waals surface area contributed by atoms with Crippen LogP contribution in [0.5, 0.6) is 0 Å². The highest BCUT2D eigenvalue weighted by molar-refractivity contribution is 7.84. The molecule has 1 aromatic carbocycles. The molecule has 0 aliphatic carbocycles. The number of aldehydes is 1. The Morgan fingerprint density at radius 1 is 1.14 bits per heavy atom. The van der Waals surface area contributed by atoms with Gasteiger partial charge in [0.2, 0.25) is 0 Å². The molecular formula is C15H21F2NO2S. The highest BCUT2D eigenvalue weighted by Crippen LogP contribution is 2.37. The predicted octanol–water partition coefficient (Wildman–Crippen LogP) is 3.02. The molecule has 6 heteroatoms. The minimum atomic E-state index is -2.43. The van der Waals surface area contributed by atoms with Gasteiger partial charge >= 0.3 is 0 Å². The van der Waals surface area contributed by atoms with Gasteiger partial charge in [-0.05, 0) is 40.7 Å². The Balaban J connectivity index is 3.43. The van der Waals surface area contributed by atoms with Crippen molar-refractivity contribution in [3.8, 4) is 0 Å². The van der Waals surface area contributed by atoms with Crippen molar-refractivity contribution in [2.75, 3.05) is 0 Å². The second-order valence-electron chi connectivity index (χ2n) is 6.28. The number of hydrogen-bond donors (Lipinski definition) is 1. The maximum atomic E-state index is 14.8. The summed E-state index contributed by atoms with van der Waals surface area (Å²) in [7, 11) is -1.68. The van der Waals surface area contributed by atoms with E-state index in [0.29, 0.717) is 0 Å². The van der Waals surface area contributed by atoms with Crippen molar-refractivity contribution in [2.45, 2.75) is 50.6 Å². The summed E-state index contributed by atoms with van der Waals surface area (Å²) < 4.78 is 43.1. The summed E-state index contributed by atoms with van der Waals surface area (Å²) in [5, 5.41) is 0. The third-order valence-electron chi connectivity index (χ3n) is 3.46. The monoisotopic (exact) mass is 317 g/mol. The molecule has 1 unspecified atom stereocenters. The average Bonchev–Trinajstić information content (AvgIpc) is 2.37. The van der Waals surface area contributed by atoms with E-state index in [-0.39, 0.29) is 11.8 Å². The van der Waals surface area contributed by atoms with Crippen LogP contribution >= 0.6 is 0 Å². The number of hydrogen-bond acceptors (Lipinski definition) is 2. The van der Waals surface area contributed by atoms with Crippen LogP contribution in [0.3, 0.4) is 0 Å². The summed E-state index contributed by atoms with van der Waals surface area (Å²) in [5.74, 6) is -0.663. The lowest BCUT2D eigenvalue weighted by Gasteiger charge is -2.40. The van der Waals surface area contributed by atoms with Crippen LogP contribution in [0.2, 0.25) is 0 Å². The largest absolute Gasteiger partial charge is 0.300 e. The number of rotatable bonds is 5. The molecule has 0 radical (unpaired) electrons. The molecule has 0 spiro atoms. The fraction of sp³-hybridized carbons (Fsp3) is 0.533. The van der Waals surface area contributed by atoms with Crippen molar-refractivity contribution in [1.29, 1.82) is 0 Å². The Hall–Kier alpha value is -1.14. The summed E-state index contributed by atoms with van der Waals surface area (Å²) >= 11 is 0. The summed E-state index contributed by atoms with van der Waals surface area (Å²) in [6.07, 6.45) is 0.103. The van der Waals surface area contributed by atoms with Gasteiger partial charge in [0.1, 0.15) is 5.82 Å². The van der Waals surface area contributed by atoms with E-state index >= 15 is 0 Å². The first-order chi connectivity index (χ1) is 9.45. The molecule has 118 valence electrons. The number of carbonyl (C=O) groups excluding carboxylic acids is 1. The van der Waals surface area contributed by atoms with Crippen LogP contribution in [0.15, 0.2) is 24.3 Å². The SMILES string of the molecule is CC(C)(C)S(=O)N[C@](C)(c1ccccc1F)[C@@](C)(F)C=O. The van der Waals surface area contributed by atoms with Gasteiger partial charge < -0.3 is 0 Å². The van der Waals surface area contributed by atoms with Gasteiger partial charge in [0, 0.05) is 5.56 Å². The molecule has 0 amide bonds. The Morgan fingerprint density at radius 3 is 2.10 bits per heavy atom. The molecule has 0 fully saturated rings. The number of nitrogens with one attached hydrogen (secondary N) is 1. The van der Waals surface area contributed by atoms with Crippen molar-refractivity contribution >= 4 is 17.3 Å². The normalized spacial score (nSPS) is 19.4. The van der Waals surface area contributed by atoms with Gasteiger partial charge in [0.15, 0.2) is 12.0 Å². The molecule has 21 heavy (non-hydrogen) atoms. The molecule has 0 aliphatic heterocycles. The van der Waals surface area contributed by atoms with Crippen LogP contribution in [0.4, 0.5) is 8.78 Å². The topological polar surface area (TPSA) is 46.2 Å². The molecule has 0 aliphatic rings. The van der Waals surface area contributed by atoms with E-state index in [9.17, 15) is 17.8 Å². The smallest absolute Gasteiger partial charge is 0.185 e. The first kappa shape index (κ1) is 17.9. The molecule has 0 saturated carbocycles. The maximum absolute atomic E-state index is 14.8. The maximum Gasteiger partial charge on any atom is 0.185 e. The van der Waals surface area contributed by atoms with Crippen LogP contribution < -0.4 is 4.72 Å². The van der Waals surface area contributed by atoms with E-state index in [1.54, 1.807) is 26.8 Å². The zero-order valence-electron chi connectivity index (χ0n) is 12.9. The lowest BCUT2D eigenvalue weighted by atomic mass is 9.79. The van der Waals surface area contributed by atoms with Crippen molar-refractivity contribution in [3.63, 3.8) is 0 Å². The van der Waals surface area contributed by atoms with Gasteiger partial charge in [-0.2, -0.15) is 0 Å². The first-order valence-corrected chi connectivity index (χ1v) is 7.70. The second kappa shape index (κ2) is 5.93. The summed E-state index contributed by atoms with van der Waals surface area (Å²) in [6, 6.07) is 5.56. The fourth-order valence-electron chi connectivity index (χ4n) is 1.74. The molecule has 0 aromatic heterocycles. The third-order valence-corrected chi connectivity index (χ3v) is 5.17. The molecule has 3 nitrogen and oxygen atoms in total. The van der Waals surface area contributed by atoms with Crippen molar-refractivity contribution in [3.05, 3.63) is 35.6 Å². The second-order valence-corrected chi connectivity index (χ2v) is 8.25. The average molecular weight is 317 g/mol. The molecule has 1 aromatic rings. The van der Waals surface area contributed by atoms with Crippen molar-refractivity contribution in [2.24, 2.45) is 0 Å². The van der Waals surface area contributed by atoms with E-state index in [2.05, 4.69) is 4.72 Å². The predicted molar refractivity (Wildman–Crippen MR) is 80.4 cm³/mol. The Bertz CT molecular complexity index is 555. The van der Waals surface area contributed by atoms with Crippen LogP contribution in [0.1, 0.15) is 40.2 Å². The van der Waals surface area contributed by atoms with Crippen LogP contribution in [0.25, 0.3) is 0 Å². The molecule has 1 N–H and O–H groups in total. The molecule has 3 atom stereocenters. The van der Waals surface area contributed by atoms with Gasteiger partial charge in [-0.15, -0.1) is 0 Å². The molecule has 1 rings (SSSR count). The fourth-order valence-corrected chi connectivity index (χ4v) is 2.73. The number of alkyl halides is 1. The van der Waals surface area contributed by atoms with E-state index in [1.807, 2.05) is 0 Å². The van der Waals surface area contributed by atoms with Crippen LogP contribution in [-0.2, 0) is 21.3 Å². The Labute approximate surface area is 126 Å². The molecule has 0 saturated heterocycles. The third kappa shape index (κ3) is 3.55. The minimum Gasteiger partial charge on any atom is -0.300 e. The lowest BCUT2D eigenvalue weighted by Crippen LogP contribution is -2.58. The van der Waals surface area contributed by atoms with Gasteiger partial charge in [-0.3, -0.25) is 4.79 Å². The number of benzene rings is 1. The van der Waals surface area contributed by atoms with Gasteiger partial charge in [0.05, 0.1) is 21.3 Å². The van der Waals surface area contributed by atoms with E-state index < -0.39 is 32.8 Å². The highest BCUT2D eigenvalue weighted by atomic mass is 32.2. The standard InChI is InChI=1S/C15H21F2NO2S/c1-13(2,3)21(20)18-15(5,14(4,17)10-19)11-8-6-7-9-12(11)16/h6-10,18H,1-5H3/t14-,15+,21?/m0/s1. The van der Waals surface area contributed by atoms with Gasteiger partial charge in [-0.1, -0.05) is 18.2 Å². The quantitative estimate of drug-likeness (QED) is 0.849. The Morgan fingerprint density at radius 2 is 1.67 bits per heavy atom. The molecule has 0 bridgehead atoms. The number of halogens is 2. The lowest BCUT2D eigenvalue weighted by molar-refractivity contribution is -0.121. The zero-order chi connectivity index (χ0) is 16.5. The van der Waals surface area contributed by atoms with Crippen molar-refractivity contribution < 1.29 is 17.8 Å². The summed E-state index contributed by atoms with van der Waals surface area (Å²) in [6.45, 7) is 7.49. The van der Waals surface area contributed by atoms with E-state index in [4.69, 9.17) is 0 Å². The van der Waals surface area contributed by atoms with Gasteiger partial charge in [-0.25, -0.2) is 17.7 Å². The van der Waals surface area contributed by atoms with Crippen LogP contribution in [0, 0.1) is 5.82 Å². The zero-order valence-corrected chi connectivity index (χ0v) is 13.7. The van der Waals surface area contributed by atoms with E-state index in [0.717, 1.165) is 6.92 Å². The summed E-state index contributed by atoms with van der Waals surface area (Å²) in [4.78, 5) is 11.2.